The molecule has 1 aromatic carbocycles. The normalized spacial score (nSPS) is 17.5. The average Bonchev–Trinajstić information content (AvgIpc) is 3.42. The molecule has 3 N–H and O–H groups in total. The summed E-state index contributed by atoms with van der Waals surface area (Å²) in [5, 5.41) is 13.2. The highest BCUT2D eigenvalue weighted by molar-refractivity contribution is 5.92. The molecule has 1 saturated carbocycles. The largest absolute Gasteiger partial charge is 0.441 e. The van der Waals surface area contributed by atoms with Crippen LogP contribution in [0.15, 0.2) is 41.2 Å². The van der Waals surface area contributed by atoms with Crippen LogP contribution in [0.1, 0.15) is 70.5 Å². The predicted molar refractivity (Wildman–Crippen MR) is 130 cm³/mol. The molecular formula is C26H30N6O3. The Bertz CT molecular complexity index is 1340. The number of amides is 1. The Labute approximate surface area is 203 Å². The minimum atomic E-state index is -0.551. The van der Waals surface area contributed by atoms with E-state index in [0.717, 1.165) is 72.3 Å². The van der Waals surface area contributed by atoms with E-state index in [9.17, 15) is 4.79 Å². The van der Waals surface area contributed by atoms with E-state index in [-0.39, 0.29) is 18.2 Å². The van der Waals surface area contributed by atoms with Crippen LogP contribution in [0.4, 0.5) is 0 Å². The Balaban J connectivity index is 1.17. The van der Waals surface area contributed by atoms with Gasteiger partial charge in [-0.1, -0.05) is 6.07 Å². The zero-order chi connectivity index (χ0) is 24.4. The van der Waals surface area contributed by atoms with Crippen molar-refractivity contribution in [3.63, 3.8) is 0 Å². The molecular weight excluding hydrogens is 444 g/mol. The summed E-state index contributed by atoms with van der Waals surface area (Å²) in [4.78, 5) is 25.8. The van der Waals surface area contributed by atoms with E-state index in [1.807, 2.05) is 31.4 Å². The van der Waals surface area contributed by atoms with Gasteiger partial charge >= 0.3 is 0 Å². The first-order valence-electron chi connectivity index (χ1n) is 12.1. The van der Waals surface area contributed by atoms with Gasteiger partial charge in [0.15, 0.2) is 11.5 Å². The van der Waals surface area contributed by atoms with E-state index >= 15 is 0 Å². The third-order valence-corrected chi connectivity index (χ3v) is 6.77. The second-order valence-corrected chi connectivity index (χ2v) is 9.46. The van der Waals surface area contributed by atoms with Crippen LogP contribution in [0.2, 0.25) is 0 Å². The third-order valence-electron chi connectivity index (χ3n) is 6.77. The summed E-state index contributed by atoms with van der Waals surface area (Å²) in [6.07, 6.45) is 11.3. The smallest absolute Gasteiger partial charge is 0.269 e. The number of benzene rings is 1. The SMILES string of the molecule is Cn1cc(Cc2ncc(C3CC(CCc4nc5ccc(CCCO)cc5o4)C3)nc2C(N)=O)cn1. The molecule has 35 heavy (non-hydrogen) atoms. The third kappa shape index (κ3) is 5.24. The van der Waals surface area contributed by atoms with Crippen molar-refractivity contribution in [1.82, 2.24) is 24.7 Å². The van der Waals surface area contributed by atoms with Gasteiger partial charge in [0, 0.05) is 44.8 Å². The molecule has 1 amide bonds. The van der Waals surface area contributed by atoms with E-state index in [1.165, 1.54) is 0 Å². The van der Waals surface area contributed by atoms with Crippen molar-refractivity contribution in [2.24, 2.45) is 18.7 Å². The lowest BCUT2D eigenvalue weighted by Gasteiger charge is -2.34. The van der Waals surface area contributed by atoms with Gasteiger partial charge in [-0.2, -0.15) is 5.10 Å². The predicted octanol–water partition coefficient (Wildman–Crippen LogP) is 3.09. The number of hydrogen-bond acceptors (Lipinski definition) is 7. The van der Waals surface area contributed by atoms with Crippen LogP contribution in [0.5, 0.6) is 0 Å². The second-order valence-electron chi connectivity index (χ2n) is 9.46. The number of carbonyl (C=O) groups excluding carboxylic acids is 1. The molecule has 0 spiro atoms. The Morgan fingerprint density at radius 2 is 2.06 bits per heavy atom. The Morgan fingerprint density at radius 1 is 1.20 bits per heavy atom. The van der Waals surface area contributed by atoms with Crippen molar-refractivity contribution >= 4 is 17.0 Å². The molecule has 9 nitrogen and oxygen atoms in total. The summed E-state index contributed by atoms with van der Waals surface area (Å²) in [5.41, 5.74) is 11.1. The number of hydrogen-bond donors (Lipinski definition) is 2. The lowest BCUT2D eigenvalue weighted by Crippen LogP contribution is -2.25. The summed E-state index contributed by atoms with van der Waals surface area (Å²) in [6, 6.07) is 6.05. The fraction of sp³-hybridized carbons (Fsp3) is 0.423. The number of nitrogens with zero attached hydrogens (tertiary/aromatic N) is 5. The number of primary amides is 1. The first kappa shape index (κ1) is 23.2. The molecule has 0 unspecified atom stereocenters. The lowest BCUT2D eigenvalue weighted by molar-refractivity contribution is 0.0993. The number of rotatable bonds is 10. The first-order chi connectivity index (χ1) is 17.0. The maximum absolute atomic E-state index is 12.0. The maximum Gasteiger partial charge on any atom is 0.269 e. The molecule has 4 aromatic rings. The Morgan fingerprint density at radius 3 is 2.80 bits per heavy atom. The van der Waals surface area contributed by atoms with Crippen LogP contribution in [0.3, 0.4) is 0 Å². The van der Waals surface area contributed by atoms with Gasteiger partial charge in [0.05, 0.1) is 17.6 Å². The van der Waals surface area contributed by atoms with Gasteiger partial charge in [0.2, 0.25) is 0 Å². The van der Waals surface area contributed by atoms with Gasteiger partial charge in [0.1, 0.15) is 11.2 Å². The molecule has 1 aliphatic rings. The van der Waals surface area contributed by atoms with Crippen molar-refractivity contribution in [1.29, 1.82) is 0 Å². The highest BCUT2D eigenvalue weighted by atomic mass is 16.3. The molecule has 9 heteroatoms. The minimum absolute atomic E-state index is 0.188. The molecule has 0 aliphatic heterocycles. The number of aliphatic hydroxyl groups is 1. The van der Waals surface area contributed by atoms with Crippen LogP contribution in [-0.2, 0) is 26.3 Å². The summed E-state index contributed by atoms with van der Waals surface area (Å²) in [7, 11) is 1.85. The zero-order valence-electron chi connectivity index (χ0n) is 19.9. The van der Waals surface area contributed by atoms with Crippen molar-refractivity contribution in [2.75, 3.05) is 6.61 Å². The molecule has 3 heterocycles. The lowest BCUT2D eigenvalue weighted by atomic mass is 9.71. The van der Waals surface area contributed by atoms with Crippen molar-refractivity contribution in [2.45, 2.75) is 50.9 Å². The van der Waals surface area contributed by atoms with Crippen LogP contribution in [0, 0.1) is 5.92 Å². The van der Waals surface area contributed by atoms with Crippen molar-refractivity contribution in [3.8, 4) is 0 Å². The summed E-state index contributed by atoms with van der Waals surface area (Å²) in [6.45, 7) is 0.188. The summed E-state index contributed by atoms with van der Waals surface area (Å²) < 4.78 is 7.69. The molecule has 182 valence electrons. The molecule has 1 aliphatic carbocycles. The number of aryl methyl sites for hydroxylation is 3. The van der Waals surface area contributed by atoms with Gasteiger partial charge in [-0.3, -0.25) is 14.5 Å². The van der Waals surface area contributed by atoms with Crippen LogP contribution < -0.4 is 5.73 Å². The quantitative estimate of drug-likeness (QED) is 0.361. The molecule has 0 radical (unpaired) electrons. The number of nitrogens with two attached hydrogens (primary N) is 1. The van der Waals surface area contributed by atoms with E-state index in [0.29, 0.717) is 18.0 Å². The Hall–Kier alpha value is -3.59. The average molecular weight is 475 g/mol. The molecule has 0 atom stereocenters. The van der Waals surface area contributed by atoms with Gasteiger partial charge in [-0.15, -0.1) is 0 Å². The van der Waals surface area contributed by atoms with Crippen molar-refractivity contribution in [3.05, 3.63) is 70.9 Å². The monoisotopic (exact) mass is 474 g/mol. The van der Waals surface area contributed by atoms with E-state index in [2.05, 4.69) is 20.1 Å². The van der Waals surface area contributed by atoms with E-state index < -0.39 is 5.91 Å². The number of aliphatic hydroxyl groups excluding tert-OH is 1. The fourth-order valence-electron chi connectivity index (χ4n) is 4.81. The standard InChI is InChI=1S/C26H30N6O3/c1-32-15-18(13-29-32)11-21-25(26(27)34)31-22(14-28-21)19-9-17(10-19)5-7-24-30-20-6-4-16(3-2-8-33)12-23(20)35-24/h4,6,12-15,17,19,33H,2-3,5,7-11H2,1H3,(H2,27,34). The number of aromatic nitrogens is 5. The fourth-order valence-corrected chi connectivity index (χ4v) is 4.81. The first-order valence-corrected chi connectivity index (χ1v) is 12.1. The van der Waals surface area contributed by atoms with Crippen molar-refractivity contribution < 1.29 is 14.3 Å². The summed E-state index contributed by atoms with van der Waals surface area (Å²) >= 11 is 0. The van der Waals surface area contributed by atoms with Crippen LogP contribution in [0.25, 0.3) is 11.1 Å². The summed E-state index contributed by atoms with van der Waals surface area (Å²) in [5.74, 6) is 1.06. The molecule has 1 fully saturated rings. The van der Waals surface area contributed by atoms with Crippen LogP contribution in [-0.4, -0.2) is 42.4 Å². The van der Waals surface area contributed by atoms with Crippen LogP contribution >= 0.6 is 0 Å². The Kier molecular flexibility index (Phi) is 6.59. The van der Waals surface area contributed by atoms with Gasteiger partial charge in [-0.25, -0.2) is 9.97 Å². The van der Waals surface area contributed by atoms with Gasteiger partial charge in [-0.05, 0) is 61.3 Å². The molecule has 5 rings (SSSR count). The highest BCUT2D eigenvalue weighted by Crippen LogP contribution is 2.43. The van der Waals surface area contributed by atoms with E-state index in [4.69, 9.17) is 15.3 Å². The number of oxazole rings is 1. The molecule has 0 saturated heterocycles. The highest BCUT2D eigenvalue weighted by Gasteiger charge is 2.32. The van der Waals surface area contributed by atoms with Gasteiger partial charge in [0.25, 0.3) is 5.91 Å². The minimum Gasteiger partial charge on any atom is -0.441 e. The molecule has 3 aromatic heterocycles. The number of fused-ring (bicyclic) bond motifs is 1. The van der Waals surface area contributed by atoms with Gasteiger partial charge < -0.3 is 15.3 Å². The zero-order valence-corrected chi connectivity index (χ0v) is 19.9. The number of carbonyl (C=O) groups is 1. The van der Waals surface area contributed by atoms with E-state index in [1.54, 1.807) is 17.1 Å². The topological polar surface area (TPSA) is 133 Å². The molecule has 0 bridgehead atoms. The maximum atomic E-state index is 12.0. The second kappa shape index (κ2) is 9.95.